The summed E-state index contributed by atoms with van der Waals surface area (Å²) in [5, 5.41) is 7.18. The molecule has 1 N–H and O–H groups in total. The van der Waals surface area contributed by atoms with Gasteiger partial charge in [0, 0.05) is 17.9 Å². The Bertz CT molecular complexity index is 922. The van der Waals surface area contributed by atoms with Crippen LogP contribution in [0.25, 0.3) is 0 Å². The van der Waals surface area contributed by atoms with E-state index in [1.54, 1.807) is 35.3 Å². The number of benzene rings is 1. The third-order valence-electron chi connectivity index (χ3n) is 4.26. The van der Waals surface area contributed by atoms with Gasteiger partial charge in [0.1, 0.15) is 23.9 Å². The second kappa shape index (κ2) is 6.62. The number of anilines is 1. The van der Waals surface area contributed by atoms with Gasteiger partial charge in [0.2, 0.25) is 5.91 Å². The van der Waals surface area contributed by atoms with Crippen molar-refractivity contribution in [2.45, 2.75) is 25.5 Å². The fourth-order valence-corrected chi connectivity index (χ4v) is 3.14. The number of nitrogens with zero attached hydrogens (tertiary/aromatic N) is 2. The molecular weight excluding hydrogens is 344 g/mol. The number of furan rings is 1. The molecule has 4 rings (SSSR count). The van der Waals surface area contributed by atoms with E-state index in [1.807, 2.05) is 6.07 Å². The molecule has 3 heterocycles. The van der Waals surface area contributed by atoms with Gasteiger partial charge in [-0.2, -0.15) is 13.9 Å². The van der Waals surface area contributed by atoms with Crippen LogP contribution in [-0.4, -0.2) is 22.3 Å². The van der Waals surface area contributed by atoms with Gasteiger partial charge >= 0.3 is 6.61 Å². The van der Waals surface area contributed by atoms with Crippen molar-refractivity contribution in [3.8, 4) is 5.75 Å². The van der Waals surface area contributed by atoms with E-state index in [-0.39, 0.29) is 24.0 Å². The number of aromatic nitrogens is 2. The lowest BCUT2D eigenvalue weighted by atomic mass is 9.87. The minimum absolute atomic E-state index is 0.0630. The first-order valence-corrected chi connectivity index (χ1v) is 8.03. The average molecular weight is 359 g/mol. The second-order valence-electron chi connectivity index (χ2n) is 5.94. The molecule has 134 valence electrons. The standard InChI is InChI=1S/C18H15F2N3O3/c19-18(20)26-12-4-1-3-11(7-12)14-8-16(24)22-17-15(14)9-21-23(17)10-13-5-2-6-25-13/h1-7,9,14,18H,8,10H2,(H,22,24)/t14-/m0/s1. The Morgan fingerprint density at radius 2 is 2.23 bits per heavy atom. The average Bonchev–Trinajstić information content (AvgIpc) is 3.25. The molecule has 1 aliphatic heterocycles. The number of ether oxygens (including phenoxy) is 1. The van der Waals surface area contributed by atoms with Crippen LogP contribution in [0.4, 0.5) is 14.6 Å². The van der Waals surface area contributed by atoms with Gasteiger partial charge in [-0.25, -0.2) is 4.68 Å². The molecule has 1 aromatic carbocycles. The molecule has 1 amide bonds. The Morgan fingerprint density at radius 1 is 1.35 bits per heavy atom. The molecule has 8 heteroatoms. The van der Waals surface area contributed by atoms with Crippen LogP contribution in [0.5, 0.6) is 5.75 Å². The van der Waals surface area contributed by atoms with E-state index in [2.05, 4.69) is 15.2 Å². The monoisotopic (exact) mass is 359 g/mol. The van der Waals surface area contributed by atoms with Gasteiger partial charge in [-0.3, -0.25) is 4.79 Å². The van der Waals surface area contributed by atoms with Crippen molar-refractivity contribution in [2.24, 2.45) is 0 Å². The van der Waals surface area contributed by atoms with Crippen LogP contribution in [0.15, 0.2) is 53.3 Å². The van der Waals surface area contributed by atoms with Crippen molar-refractivity contribution < 1.29 is 22.7 Å². The van der Waals surface area contributed by atoms with E-state index < -0.39 is 6.61 Å². The van der Waals surface area contributed by atoms with Crippen LogP contribution < -0.4 is 10.1 Å². The molecule has 0 bridgehead atoms. The summed E-state index contributed by atoms with van der Waals surface area (Å²) in [5.74, 6) is 0.907. The summed E-state index contributed by atoms with van der Waals surface area (Å²) in [7, 11) is 0. The summed E-state index contributed by atoms with van der Waals surface area (Å²) < 4.78 is 36.4. The number of halogens is 2. The third kappa shape index (κ3) is 3.17. The maximum absolute atomic E-state index is 12.5. The molecule has 6 nitrogen and oxygen atoms in total. The second-order valence-corrected chi connectivity index (χ2v) is 5.94. The number of carbonyl (C=O) groups excluding carboxylic acids is 1. The number of hydrogen-bond acceptors (Lipinski definition) is 4. The van der Waals surface area contributed by atoms with Gasteiger partial charge in [-0.1, -0.05) is 12.1 Å². The number of rotatable bonds is 5. The molecule has 3 aromatic rings. The van der Waals surface area contributed by atoms with Crippen LogP contribution in [0.2, 0.25) is 0 Å². The summed E-state index contributed by atoms with van der Waals surface area (Å²) in [4.78, 5) is 12.2. The van der Waals surface area contributed by atoms with E-state index >= 15 is 0 Å². The zero-order valence-electron chi connectivity index (χ0n) is 13.6. The first-order chi connectivity index (χ1) is 12.6. The van der Waals surface area contributed by atoms with E-state index in [0.717, 1.165) is 11.1 Å². The highest BCUT2D eigenvalue weighted by Gasteiger charge is 2.30. The number of amides is 1. The van der Waals surface area contributed by atoms with Gasteiger partial charge in [0.25, 0.3) is 0 Å². The maximum atomic E-state index is 12.5. The van der Waals surface area contributed by atoms with Crippen LogP contribution in [0.1, 0.15) is 29.2 Å². The van der Waals surface area contributed by atoms with Crippen LogP contribution in [0.3, 0.4) is 0 Å². The minimum atomic E-state index is -2.90. The summed E-state index contributed by atoms with van der Waals surface area (Å²) >= 11 is 0. The zero-order valence-corrected chi connectivity index (χ0v) is 13.6. The maximum Gasteiger partial charge on any atom is 0.387 e. The van der Waals surface area contributed by atoms with Crippen LogP contribution in [0, 0.1) is 0 Å². The predicted molar refractivity (Wildman–Crippen MR) is 88.2 cm³/mol. The van der Waals surface area contributed by atoms with Gasteiger partial charge in [-0.05, 0) is 29.8 Å². The van der Waals surface area contributed by atoms with Crippen LogP contribution >= 0.6 is 0 Å². The van der Waals surface area contributed by atoms with Crippen molar-refractivity contribution in [1.82, 2.24) is 9.78 Å². The molecule has 0 unspecified atom stereocenters. The Hall–Kier alpha value is -3.16. The Labute approximate surface area is 147 Å². The molecular formula is C18H15F2N3O3. The Kier molecular flexibility index (Phi) is 4.16. The summed E-state index contributed by atoms with van der Waals surface area (Å²) in [6.07, 6.45) is 3.46. The molecule has 0 fully saturated rings. The van der Waals surface area contributed by atoms with Crippen molar-refractivity contribution in [1.29, 1.82) is 0 Å². The molecule has 1 atom stereocenters. The Morgan fingerprint density at radius 3 is 3.00 bits per heavy atom. The normalized spacial score (nSPS) is 16.4. The molecule has 0 aliphatic carbocycles. The third-order valence-corrected chi connectivity index (χ3v) is 4.26. The first kappa shape index (κ1) is 16.3. The fraction of sp³-hybridized carbons (Fsp3) is 0.222. The lowest BCUT2D eigenvalue weighted by molar-refractivity contribution is -0.116. The highest BCUT2D eigenvalue weighted by Crippen LogP contribution is 2.38. The number of fused-ring (bicyclic) bond motifs is 1. The summed E-state index contributed by atoms with van der Waals surface area (Å²) in [6.45, 7) is -2.52. The van der Waals surface area contributed by atoms with Gasteiger partial charge in [0.05, 0.1) is 12.5 Å². The first-order valence-electron chi connectivity index (χ1n) is 8.03. The van der Waals surface area contributed by atoms with Gasteiger partial charge < -0.3 is 14.5 Å². The molecule has 26 heavy (non-hydrogen) atoms. The molecule has 0 spiro atoms. The van der Waals surface area contributed by atoms with E-state index in [9.17, 15) is 13.6 Å². The van der Waals surface area contributed by atoms with E-state index in [4.69, 9.17) is 4.42 Å². The number of alkyl halides is 2. The number of carbonyl (C=O) groups is 1. The predicted octanol–water partition coefficient (Wildman–Crippen LogP) is 3.60. The Balaban J connectivity index is 1.67. The highest BCUT2D eigenvalue weighted by atomic mass is 19.3. The molecule has 0 saturated heterocycles. The SMILES string of the molecule is O=C1C[C@@H](c2cccc(OC(F)F)c2)c2cnn(Cc3ccco3)c2N1. The molecule has 2 aromatic heterocycles. The van der Waals surface area contributed by atoms with Crippen LogP contribution in [-0.2, 0) is 11.3 Å². The van der Waals surface area contributed by atoms with Crippen molar-refractivity contribution in [3.63, 3.8) is 0 Å². The number of nitrogens with one attached hydrogen (secondary N) is 1. The quantitative estimate of drug-likeness (QED) is 0.756. The van der Waals surface area contributed by atoms with E-state index in [1.165, 1.54) is 12.1 Å². The van der Waals surface area contributed by atoms with Crippen molar-refractivity contribution in [2.75, 3.05) is 5.32 Å². The molecule has 0 saturated carbocycles. The van der Waals surface area contributed by atoms with E-state index in [0.29, 0.717) is 18.1 Å². The lowest BCUT2D eigenvalue weighted by Crippen LogP contribution is -2.25. The fourth-order valence-electron chi connectivity index (χ4n) is 3.14. The lowest BCUT2D eigenvalue weighted by Gasteiger charge is -2.24. The van der Waals surface area contributed by atoms with Crippen molar-refractivity contribution in [3.05, 3.63) is 65.7 Å². The smallest absolute Gasteiger partial charge is 0.387 e. The largest absolute Gasteiger partial charge is 0.467 e. The van der Waals surface area contributed by atoms with Gasteiger partial charge in [-0.15, -0.1) is 0 Å². The van der Waals surface area contributed by atoms with Crippen molar-refractivity contribution >= 4 is 11.7 Å². The zero-order chi connectivity index (χ0) is 18.1. The summed E-state index contributed by atoms with van der Waals surface area (Å²) in [6, 6.07) is 10.0. The topological polar surface area (TPSA) is 69.3 Å². The molecule has 1 aliphatic rings. The highest BCUT2D eigenvalue weighted by molar-refractivity contribution is 5.94. The van der Waals surface area contributed by atoms with Gasteiger partial charge in [0.15, 0.2) is 0 Å². The molecule has 0 radical (unpaired) electrons. The summed E-state index contributed by atoms with van der Waals surface area (Å²) in [5.41, 5.74) is 1.54. The minimum Gasteiger partial charge on any atom is -0.467 e. The number of hydrogen-bond donors (Lipinski definition) is 1.